The van der Waals surface area contributed by atoms with Crippen LogP contribution in [0.5, 0.6) is 0 Å². The van der Waals surface area contributed by atoms with Gasteiger partial charge in [-0.1, -0.05) is 6.07 Å². The van der Waals surface area contributed by atoms with Crippen LogP contribution in [0.3, 0.4) is 0 Å². The third kappa shape index (κ3) is 4.24. The average molecular weight is 299 g/mol. The van der Waals surface area contributed by atoms with Crippen LogP contribution in [-0.4, -0.2) is 40.6 Å². The Balaban J connectivity index is 2.03. The second-order valence-corrected chi connectivity index (χ2v) is 4.43. The monoisotopic (exact) mass is 299 g/mol. The molecular weight excluding hydrogens is 286 g/mol. The first-order valence-corrected chi connectivity index (χ1v) is 6.17. The van der Waals surface area contributed by atoms with Gasteiger partial charge in [-0.3, -0.25) is 4.98 Å². The SMILES string of the molecule is O=[N+]([O-])OCC1CC(c2ccccn2)C(CO[N+](=O)[O-])O1. The fraction of sp³-hybridized carbons (Fsp3) is 0.545. The minimum absolute atomic E-state index is 0.231. The molecule has 21 heavy (non-hydrogen) atoms. The van der Waals surface area contributed by atoms with Gasteiger partial charge in [-0.15, -0.1) is 20.2 Å². The van der Waals surface area contributed by atoms with Crippen molar-refractivity contribution < 1.29 is 24.6 Å². The Bertz CT molecular complexity index is 498. The first kappa shape index (κ1) is 14.9. The molecule has 1 aromatic rings. The number of pyridine rings is 1. The maximum atomic E-state index is 10.3. The molecule has 3 unspecified atom stereocenters. The van der Waals surface area contributed by atoms with Crippen molar-refractivity contribution in [2.45, 2.75) is 24.5 Å². The van der Waals surface area contributed by atoms with Crippen molar-refractivity contribution in [1.29, 1.82) is 0 Å². The van der Waals surface area contributed by atoms with E-state index in [0.29, 0.717) is 12.1 Å². The van der Waals surface area contributed by atoms with Crippen LogP contribution >= 0.6 is 0 Å². The minimum atomic E-state index is -0.903. The lowest BCUT2D eigenvalue weighted by Gasteiger charge is -2.16. The predicted molar refractivity (Wildman–Crippen MR) is 66.1 cm³/mol. The zero-order chi connectivity index (χ0) is 15.2. The standard InChI is InChI=1S/C11H13N3O7/c15-13(16)19-6-8-5-9(10-3-1-2-4-12-10)11(21-8)7-20-14(17)18/h1-4,8-9,11H,5-7H2. The van der Waals surface area contributed by atoms with Gasteiger partial charge in [0.1, 0.15) is 13.2 Å². The van der Waals surface area contributed by atoms with E-state index < -0.39 is 22.4 Å². The summed E-state index contributed by atoms with van der Waals surface area (Å²) in [7, 11) is 0. The molecule has 10 heteroatoms. The second-order valence-electron chi connectivity index (χ2n) is 4.43. The highest BCUT2D eigenvalue weighted by molar-refractivity contribution is 5.13. The molecule has 0 spiro atoms. The topological polar surface area (TPSA) is 127 Å². The number of ether oxygens (including phenoxy) is 1. The summed E-state index contributed by atoms with van der Waals surface area (Å²) in [4.78, 5) is 33.3. The van der Waals surface area contributed by atoms with E-state index in [2.05, 4.69) is 14.7 Å². The maximum absolute atomic E-state index is 10.3. The maximum Gasteiger partial charge on any atom is 0.294 e. The van der Waals surface area contributed by atoms with Crippen LogP contribution in [0.1, 0.15) is 18.0 Å². The molecule has 0 N–H and O–H groups in total. The highest BCUT2D eigenvalue weighted by Gasteiger charge is 2.38. The summed E-state index contributed by atoms with van der Waals surface area (Å²) < 4.78 is 5.53. The third-order valence-electron chi connectivity index (χ3n) is 3.11. The highest BCUT2D eigenvalue weighted by Crippen LogP contribution is 2.34. The summed E-state index contributed by atoms with van der Waals surface area (Å²) in [6.45, 7) is -0.492. The Morgan fingerprint density at radius 1 is 1.24 bits per heavy atom. The summed E-state index contributed by atoms with van der Waals surface area (Å²) >= 11 is 0. The number of hydrogen-bond acceptors (Lipinski definition) is 8. The van der Waals surface area contributed by atoms with Crippen molar-refractivity contribution in [3.63, 3.8) is 0 Å². The number of hydrogen-bond donors (Lipinski definition) is 0. The van der Waals surface area contributed by atoms with Crippen LogP contribution in [0, 0.1) is 20.2 Å². The number of aromatic nitrogens is 1. The van der Waals surface area contributed by atoms with Gasteiger partial charge in [0.15, 0.2) is 0 Å². The van der Waals surface area contributed by atoms with Crippen LogP contribution in [0.2, 0.25) is 0 Å². The molecule has 114 valence electrons. The molecule has 2 rings (SSSR count). The van der Waals surface area contributed by atoms with E-state index in [1.165, 1.54) is 0 Å². The zero-order valence-corrected chi connectivity index (χ0v) is 10.9. The van der Waals surface area contributed by atoms with Crippen molar-refractivity contribution in [2.24, 2.45) is 0 Å². The zero-order valence-electron chi connectivity index (χ0n) is 10.9. The van der Waals surface area contributed by atoms with Crippen molar-refractivity contribution in [3.05, 3.63) is 50.3 Å². The lowest BCUT2D eigenvalue weighted by molar-refractivity contribution is -0.761. The van der Waals surface area contributed by atoms with E-state index in [-0.39, 0.29) is 19.1 Å². The molecule has 10 nitrogen and oxygen atoms in total. The smallest absolute Gasteiger partial charge is 0.294 e. The summed E-state index contributed by atoms with van der Waals surface area (Å²) in [6, 6.07) is 5.30. The van der Waals surface area contributed by atoms with Crippen LogP contribution in [0.15, 0.2) is 24.4 Å². The molecule has 0 bridgehead atoms. The summed E-state index contributed by atoms with van der Waals surface area (Å²) in [6.07, 6.45) is 0.867. The fourth-order valence-corrected chi connectivity index (χ4v) is 2.28. The molecular formula is C11H13N3O7. The van der Waals surface area contributed by atoms with E-state index in [0.717, 1.165) is 0 Å². The lowest BCUT2D eigenvalue weighted by Crippen LogP contribution is -2.25. The Morgan fingerprint density at radius 3 is 2.57 bits per heavy atom. The fourth-order valence-electron chi connectivity index (χ4n) is 2.28. The molecule has 1 fully saturated rings. The van der Waals surface area contributed by atoms with Gasteiger partial charge in [-0.2, -0.15) is 0 Å². The Kier molecular flexibility index (Phi) is 4.82. The Morgan fingerprint density at radius 2 is 1.95 bits per heavy atom. The normalized spacial score (nSPS) is 24.5. The Labute approximate surface area is 118 Å². The molecule has 0 aliphatic carbocycles. The summed E-state index contributed by atoms with van der Waals surface area (Å²) in [5.74, 6) is -0.244. The average Bonchev–Trinajstić information content (AvgIpc) is 2.87. The summed E-state index contributed by atoms with van der Waals surface area (Å²) in [5, 5.41) is 18.7. The first-order valence-electron chi connectivity index (χ1n) is 6.17. The van der Waals surface area contributed by atoms with Gasteiger partial charge in [0.05, 0.1) is 12.2 Å². The van der Waals surface area contributed by atoms with Gasteiger partial charge in [0.25, 0.3) is 10.2 Å². The molecule has 0 aromatic carbocycles. The number of nitrogens with zero attached hydrogens (tertiary/aromatic N) is 3. The molecule has 1 saturated heterocycles. The molecule has 1 aliphatic heterocycles. The Hall–Kier alpha value is -2.49. The van der Waals surface area contributed by atoms with E-state index in [1.54, 1.807) is 24.4 Å². The van der Waals surface area contributed by atoms with Gasteiger partial charge < -0.3 is 14.4 Å². The second kappa shape index (κ2) is 6.79. The molecule has 1 aromatic heterocycles. The lowest BCUT2D eigenvalue weighted by atomic mass is 9.95. The van der Waals surface area contributed by atoms with E-state index in [9.17, 15) is 20.2 Å². The van der Waals surface area contributed by atoms with E-state index in [1.807, 2.05) is 0 Å². The molecule has 0 saturated carbocycles. The minimum Gasteiger partial charge on any atom is -0.370 e. The molecule has 2 heterocycles. The largest absolute Gasteiger partial charge is 0.370 e. The van der Waals surface area contributed by atoms with Crippen molar-refractivity contribution in [3.8, 4) is 0 Å². The van der Waals surface area contributed by atoms with Gasteiger partial charge in [0, 0.05) is 17.8 Å². The highest BCUT2D eigenvalue weighted by atomic mass is 17.0. The van der Waals surface area contributed by atoms with Gasteiger partial charge >= 0.3 is 0 Å². The third-order valence-corrected chi connectivity index (χ3v) is 3.11. The van der Waals surface area contributed by atoms with Crippen LogP contribution in [0.25, 0.3) is 0 Å². The van der Waals surface area contributed by atoms with Crippen molar-refractivity contribution >= 4 is 0 Å². The molecule has 1 aliphatic rings. The first-order chi connectivity index (χ1) is 10.1. The predicted octanol–water partition coefficient (Wildman–Crippen LogP) is 0.739. The molecule has 3 atom stereocenters. The van der Waals surface area contributed by atoms with Crippen LogP contribution in [-0.2, 0) is 14.4 Å². The van der Waals surface area contributed by atoms with E-state index in [4.69, 9.17) is 4.74 Å². The summed E-state index contributed by atoms with van der Waals surface area (Å²) in [5.41, 5.74) is 0.693. The molecule has 0 amide bonds. The van der Waals surface area contributed by atoms with Gasteiger partial charge in [0.2, 0.25) is 0 Å². The van der Waals surface area contributed by atoms with Crippen molar-refractivity contribution in [1.82, 2.24) is 4.98 Å². The molecule has 0 radical (unpaired) electrons. The van der Waals surface area contributed by atoms with Gasteiger partial charge in [-0.05, 0) is 18.6 Å². The number of rotatable bonds is 7. The van der Waals surface area contributed by atoms with Crippen LogP contribution < -0.4 is 0 Å². The van der Waals surface area contributed by atoms with Gasteiger partial charge in [-0.25, -0.2) is 0 Å². The van der Waals surface area contributed by atoms with E-state index >= 15 is 0 Å². The van der Waals surface area contributed by atoms with Crippen LogP contribution in [0.4, 0.5) is 0 Å². The quantitative estimate of drug-likeness (QED) is 0.532. The van der Waals surface area contributed by atoms with Crippen molar-refractivity contribution in [2.75, 3.05) is 13.2 Å².